The molecule has 1 atom stereocenters. The second-order valence-corrected chi connectivity index (χ2v) is 6.73. The van der Waals surface area contributed by atoms with Gasteiger partial charge in [-0.25, -0.2) is 15.0 Å². The van der Waals surface area contributed by atoms with E-state index in [0.717, 1.165) is 26.1 Å². The lowest BCUT2D eigenvalue weighted by molar-refractivity contribution is 0.550. The van der Waals surface area contributed by atoms with Crippen LogP contribution in [0.1, 0.15) is 12.0 Å². The molecule has 1 fully saturated rings. The Labute approximate surface area is 157 Å². The van der Waals surface area contributed by atoms with Gasteiger partial charge < -0.3 is 10.2 Å². The van der Waals surface area contributed by atoms with E-state index in [4.69, 9.17) is 4.98 Å². The Morgan fingerprint density at radius 2 is 2.04 bits per heavy atom. The lowest BCUT2D eigenvalue weighted by atomic mass is 10.2. The zero-order chi connectivity index (χ0) is 18.6. The maximum Gasteiger partial charge on any atom is 0.255 e. The van der Waals surface area contributed by atoms with Crippen LogP contribution in [0.25, 0.3) is 11.4 Å². The molecule has 0 unspecified atom stereocenters. The molecule has 7 nitrogen and oxygen atoms in total. The maximum atomic E-state index is 12.4. The second-order valence-electron chi connectivity index (χ2n) is 6.73. The van der Waals surface area contributed by atoms with Crippen molar-refractivity contribution in [2.24, 2.45) is 7.05 Å². The summed E-state index contributed by atoms with van der Waals surface area (Å²) in [5.41, 5.74) is 2.42. The highest BCUT2D eigenvalue weighted by Gasteiger charge is 2.25. The van der Waals surface area contributed by atoms with Crippen molar-refractivity contribution in [2.45, 2.75) is 19.0 Å². The zero-order valence-electron chi connectivity index (χ0n) is 15.2. The van der Waals surface area contributed by atoms with Crippen LogP contribution in [0.2, 0.25) is 0 Å². The topological polar surface area (TPSA) is 75.9 Å². The number of benzene rings is 1. The van der Waals surface area contributed by atoms with Gasteiger partial charge in [0, 0.05) is 45.0 Å². The van der Waals surface area contributed by atoms with E-state index in [9.17, 15) is 4.79 Å². The van der Waals surface area contributed by atoms with E-state index in [-0.39, 0.29) is 5.56 Å². The van der Waals surface area contributed by atoms with Crippen molar-refractivity contribution in [2.75, 3.05) is 18.0 Å². The van der Waals surface area contributed by atoms with Gasteiger partial charge in [-0.05, 0) is 18.1 Å². The van der Waals surface area contributed by atoms with E-state index in [1.807, 2.05) is 6.07 Å². The van der Waals surface area contributed by atoms with Gasteiger partial charge in [-0.2, -0.15) is 0 Å². The molecule has 3 heterocycles. The first kappa shape index (κ1) is 17.4. The molecule has 1 saturated heterocycles. The molecule has 0 radical (unpaired) electrons. The summed E-state index contributed by atoms with van der Waals surface area (Å²) in [6.07, 6.45) is 4.13. The Morgan fingerprint density at radius 1 is 1.19 bits per heavy atom. The summed E-state index contributed by atoms with van der Waals surface area (Å²) in [5, 5.41) is 3.60. The summed E-state index contributed by atoms with van der Waals surface area (Å²) < 4.78 is 1.60. The van der Waals surface area contributed by atoms with Gasteiger partial charge in [0.25, 0.3) is 5.56 Å². The fraction of sp³-hybridized carbons (Fsp3) is 0.300. The third-order valence-corrected chi connectivity index (χ3v) is 4.86. The Balaban J connectivity index is 1.50. The summed E-state index contributed by atoms with van der Waals surface area (Å²) in [5.74, 6) is 0.681. The van der Waals surface area contributed by atoms with Gasteiger partial charge in [-0.3, -0.25) is 9.36 Å². The first-order valence-electron chi connectivity index (χ1n) is 9.07. The maximum absolute atomic E-state index is 12.4. The highest BCUT2D eigenvalue weighted by Crippen LogP contribution is 2.20. The van der Waals surface area contributed by atoms with Crippen LogP contribution in [-0.4, -0.2) is 38.7 Å². The van der Waals surface area contributed by atoms with Crippen molar-refractivity contribution >= 4 is 5.95 Å². The SMILES string of the molecule is Cn1c(N2CC[C@H](NCc3ccccc3)C2)nc(-c2ccncn2)cc1=O. The molecule has 1 N–H and O–H groups in total. The number of nitrogens with one attached hydrogen (secondary N) is 1. The molecule has 3 aromatic rings. The Hall–Kier alpha value is -3.06. The number of rotatable bonds is 5. The average molecular weight is 362 g/mol. The van der Waals surface area contributed by atoms with E-state index in [0.29, 0.717) is 23.4 Å². The molecule has 2 aromatic heterocycles. The lowest BCUT2D eigenvalue weighted by Crippen LogP contribution is -2.35. The largest absolute Gasteiger partial charge is 0.341 e. The van der Waals surface area contributed by atoms with Crippen molar-refractivity contribution in [1.82, 2.24) is 24.8 Å². The summed E-state index contributed by atoms with van der Waals surface area (Å²) in [7, 11) is 1.76. The van der Waals surface area contributed by atoms with Crippen LogP contribution in [0.15, 0.2) is 59.8 Å². The van der Waals surface area contributed by atoms with E-state index >= 15 is 0 Å². The van der Waals surface area contributed by atoms with Gasteiger partial charge in [0.2, 0.25) is 5.95 Å². The minimum Gasteiger partial charge on any atom is -0.341 e. The Bertz CT molecular complexity index is 957. The van der Waals surface area contributed by atoms with E-state index < -0.39 is 0 Å². The molecule has 1 aliphatic rings. The molecule has 0 saturated carbocycles. The molecular weight excluding hydrogens is 340 g/mol. The number of hydrogen-bond donors (Lipinski definition) is 1. The van der Waals surface area contributed by atoms with Crippen molar-refractivity contribution in [3.8, 4) is 11.4 Å². The summed E-state index contributed by atoms with van der Waals surface area (Å²) in [6, 6.07) is 14.0. The van der Waals surface area contributed by atoms with Crippen molar-refractivity contribution in [1.29, 1.82) is 0 Å². The quantitative estimate of drug-likeness (QED) is 0.743. The normalized spacial score (nSPS) is 16.6. The molecule has 1 aromatic carbocycles. The van der Waals surface area contributed by atoms with Crippen LogP contribution >= 0.6 is 0 Å². The molecule has 27 heavy (non-hydrogen) atoms. The van der Waals surface area contributed by atoms with Crippen molar-refractivity contribution in [3.63, 3.8) is 0 Å². The summed E-state index contributed by atoms with van der Waals surface area (Å²) >= 11 is 0. The summed E-state index contributed by atoms with van der Waals surface area (Å²) in [4.78, 5) is 27.4. The molecule has 7 heteroatoms. The molecule has 138 valence electrons. The van der Waals surface area contributed by atoms with Gasteiger partial charge in [0.05, 0.1) is 11.4 Å². The minimum absolute atomic E-state index is 0.0886. The smallest absolute Gasteiger partial charge is 0.255 e. The number of anilines is 1. The highest BCUT2D eigenvalue weighted by molar-refractivity contribution is 5.55. The first-order chi connectivity index (χ1) is 13.2. The zero-order valence-corrected chi connectivity index (χ0v) is 15.2. The fourth-order valence-corrected chi connectivity index (χ4v) is 3.35. The fourth-order valence-electron chi connectivity index (χ4n) is 3.35. The predicted molar refractivity (Wildman–Crippen MR) is 104 cm³/mol. The van der Waals surface area contributed by atoms with E-state index in [1.165, 1.54) is 18.0 Å². The lowest BCUT2D eigenvalue weighted by Gasteiger charge is -2.21. The van der Waals surface area contributed by atoms with Gasteiger partial charge in [0.1, 0.15) is 6.33 Å². The number of hydrogen-bond acceptors (Lipinski definition) is 6. The van der Waals surface area contributed by atoms with Gasteiger partial charge >= 0.3 is 0 Å². The predicted octanol–water partition coefficient (Wildman–Crippen LogP) is 1.61. The van der Waals surface area contributed by atoms with Crippen molar-refractivity contribution in [3.05, 3.63) is 70.9 Å². The molecular formula is C20H22N6O. The monoisotopic (exact) mass is 362 g/mol. The molecule has 0 amide bonds. The second kappa shape index (κ2) is 7.67. The van der Waals surface area contributed by atoms with Crippen LogP contribution in [0.5, 0.6) is 0 Å². The van der Waals surface area contributed by atoms with Crippen LogP contribution < -0.4 is 15.8 Å². The van der Waals surface area contributed by atoms with Gasteiger partial charge in [-0.15, -0.1) is 0 Å². The Kier molecular flexibility index (Phi) is 4.93. The van der Waals surface area contributed by atoms with Crippen molar-refractivity contribution < 1.29 is 0 Å². The van der Waals surface area contributed by atoms with Crippen LogP contribution in [0, 0.1) is 0 Å². The molecule has 0 bridgehead atoms. The summed E-state index contributed by atoms with van der Waals surface area (Å²) in [6.45, 7) is 2.52. The first-order valence-corrected chi connectivity index (χ1v) is 9.07. The highest BCUT2D eigenvalue weighted by atomic mass is 16.1. The Morgan fingerprint density at radius 3 is 2.81 bits per heavy atom. The van der Waals surface area contributed by atoms with E-state index in [2.05, 4.69) is 44.5 Å². The molecule has 0 aliphatic carbocycles. The standard InChI is InChI=1S/C20H22N6O/c1-25-19(27)11-18(17-7-9-21-14-23-17)24-20(25)26-10-8-16(13-26)22-12-15-5-3-2-4-6-15/h2-7,9,11,14,16,22H,8,10,12-13H2,1H3/t16-/m0/s1. The average Bonchev–Trinajstić information content (AvgIpc) is 3.18. The number of aromatic nitrogens is 4. The molecule has 1 aliphatic heterocycles. The molecule has 4 rings (SSSR count). The van der Waals surface area contributed by atoms with Crippen LogP contribution in [0.3, 0.4) is 0 Å². The number of nitrogens with zero attached hydrogens (tertiary/aromatic N) is 5. The minimum atomic E-state index is -0.0886. The van der Waals surface area contributed by atoms with Gasteiger partial charge in [0.15, 0.2) is 0 Å². The van der Waals surface area contributed by atoms with Crippen LogP contribution in [0.4, 0.5) is 5.95 Å². The molecule has 0 spiro atoms. The van der Waals surface area contributed by atoms with Gasteiger partial charge in [-0.1, -0.05) is 30.3 Å². The third-order valence-electron chi connectivity index (χ3n) is 4.86. The van der Waals surface area contributed by atoms with E-state index in [1.54, 1.807) is 23.9 Å². The third kappa shape index (κ3) is 3.88. The van der Waals surface area contributed by atoms with Crippen LogP contribution in [-0.2, 0) is 13.6 Å².